The SMILES string of the molecule is Cc1c(-c2ccc(N3CCc4cccc(C(=O)Nc5nc6ccccc6s5)c4C3)nc2C(=O)O)cnn1CC12CC3(C)CC(C)(C1)CC(OCCN(C)C(=O)OCc1ccc(O[C@@H]4O[C@H](CO)[C@H](O)[C@H](O)[C@@H]4O)c(NC(=O)CCNC(=O)COCCNC(=O)[C@@H](CC(=O)CCOCCOCCOCCOCCCC(=O)CCN4C(=O)C=CC4=O)CS(=O)(=O)O)c1)(C3)C2. The number of pyridine rings is 1. The van der Waals surface area contributed by atoms with Gasteiger partial charge in [-0.3, -0.25) is 57.8 Å². The highest BCUT2D eigenvalue weighted by Crippen LogP contribution is 2.72. The molecule has 13 rings (SSSR count). The number of hydrogen-bond donors (Lipinski definition) is 10. The summed E-state index contributed by atoms with van der Waals surface area (Å²) in [6, 6.07) is 21.3. The third-order valence-electron chi connectivity index (χ3n) is 23.5. The summed E-state index contributed by atoms with van der Waals surface area (Å²) in [6.07, 6.45) is 0.606. The van der Waals surface area contributed by atoms with E-state index in [2.05, 4.69) is 40.1 Å². The number of Topliss-reactive ketones (excluding diaryl/α,β-unsaturated/α-hetero) is 2. The molecule has 4 bridgehead atoms. The molecule has 10 N–H and O–H groups in total. The number of nitrogens with one attached hydrogen (secondary N) is 4. The number of aliphatic hydroxyl groups is 4. The summed E-state index contributed by atoms with van der Waals surface area (Å²) < 4.78 is 87.7. The molecular weight excluding hydrogens is 1700 g/mol. The Kier molecular flexibility index (Phi) is 32.7. The van der Waals surface area contributed by atoms with Gasteiger partial charge in [0.1, 0.15) is 60.8 Å². The van der Waals surface area contributed by atoms with Crippen LogP contribution < -0.4 is 30.9 Å². The number of carboxylic acids is 1. The molecule has 4 aliphatic carbocycles. The summed E-state index contributed by atoms with van der Waals surface area (Å²) in [4.78, 5) is 142. The Morgan fingerprint density at radius 3 is 2.15 bits per heavy atom. The number of imide groups is 1. The zero-order valence-electron chi connectivity index (χ0n) is 71.4. The molecule has 3 aromatic carbocycles. The molecule has 0 spiro atoms. The van der Waals surface area contributed by atoms with Crippen molar-refractivity contribution in [2.75, 3.05) is 140 Å². The van der Waals surface area contributed by atoms with Crippen molar-refractivity contribution in [3.05, 3.63) is 125 Å². The number of ether oxygens (including phenoxy) is 9. The zero-order chi connectivity index (χ0) is 90.8. The van der Waals surface area contributed by atoms with Gasteiger partial charge in [-0.1, -0.05) is 55.5 Å². The van der Waals surface area contributed by atoms with Crippen LogP contribution in [0.5, 0.6) is 5.75 Å². The maximum Gasteiger partial charge on any atom is 0.409 e. The molecule has 38 nitrogen and oxygen atoms in total. The minimum atomic E-state index is -4.71. The van der Waals surface area contributed by atoms with Gasteiger partial charge in [0.25, 0.3) is 27.8 Å². The molecule has 8 atom stereocenters. The quantitative estimate of drug-likeness (QED) is 0.0135. The van der Waals surface area contributed by atoms with Crippen LogP contribution >= 0.6 is 11.3 Å². The van der Waals surface area contributed by atoms with E-state index in [9.17, 15) is 86.4 Å². The smallest absolute Gasteiger partial charge is 0.409 e. The number of carboxylic acid groups (broad SMARTS) is 1. The normalized spacial score (nSPS) is 22.6. The number of carbonyl (C=O) groups is 10. The number of thiazole rings is 1. The van der Waals surface area contributed by atoms with Gasteiger partial charge in [-0.25, -0.2) is 19.6 Å². The fourth-order valence-electron chi connectivity index (χ4n) is 18.7. The maximum atomic E-state index is 13.8. The molecule has 6 aromatic rings. The van der Waals surface area contributed by atoms with Crippen LogP contribution in [-0.4, -0.2) is 288 Å². The van der Waals surface area contributed by atoms with Crippen molar-refractivity contribution in [2.24, 2.45) is 22.2 Å². The van der Waals surface area contributed by atoms with Crippen molar-refractivity contribution in [1.82, 2.24) is 40.2 Å². The van der Waals surface area contributed by atoms with Gasteiger partial charge < -0.3 is 93.9 Å². The number of nitrogens with zero attached hydrogens (tertiary/aromatic N) is 7. The lowest BCUT2D eigenvalue weighted by atomic mass is 9.39. The average Bonchev–Trinajstić information content (AvgIpc) is 1.11. The Bertz CT molecular complexity index is 5050. The molecule has 4 saturated carbocycles. The van der Waals surface area contributed by atoms with Gasteiger partial charge in [0.05, 0.1) is 105 Å². The Morgan fingerprint density at radius 2 is 1.44 bits per heavy atom. The number of rotatable bonds is 49. The van der Waals surface area contributed by atoms with Crippen molar-refractivity contribution < 1.29 is 129 Å². The molecule has 1 saturated heterocycles. The molecule has 2 unspecified atom stereocenters. The molecule has 7 aliphatic rings. The summed E-state index contributed by atoms with van der Waals surface area (Å²) >= 11 is 1.40. The summed E-state index contributed by atoms with van der Waals surface area (Å²) in [5.41, 5.74) is 4.32. The number of likely N-dealkylation sites (N-methyl/N-ethyl adjacent to an activating group) is 1. The summed E-state index contributed by atoms with van der Waals surface area (Å²) in [5, 5.41) is 68.6. The van der Waals surface area contributed by atoms with E-state index >= 15 is 0 Å². The van der Waals surface area contributed by atoms with E-state index < -0.39 is 125 Å². The van der Waals surface area contributed by atoms with Crippen LogP contribution in [0.25, 0.3) is 21.3 Å². The first-order valence-electron chi connectivity index (χ1n) is 42.4. The Balaban J connectivity index is 0.564. The Hall–Kier alpha value is -10.2. The number of fused-ring (bicyclic) bond motifs is 2. The van der Waals surface area contributed by atoms with Crippen molar-refractivity contribution in [2.45, 2.75) is 160 Å². The van der Waals surface area contributed by atoms with Gasteiger partial charge in [0, 0.05) is 126 Å². The predicted octanol–water partition coefficient (Wildman–Crippen LogP) is 5.12. The number of aliphatic hydroxyl groups excluding tert-OH is 4. The van der Waals surface area contributed by atoms with Crippen LogP contribution in [0.2, 0.25) is 0 Å². The van der Waals surface area contributed by atoms with Crippen molar-refractivity contribution in [3.63, 3.8) is 0 Å². The Labute approximate surface area is 737 Å². The number of ketones is 2. The number of aromatic nitrogens is 4. The Morgan fingerprint density at radius 1 is 0.724 bits per heavy atom. The minimum Gasteiger partial charge on any atom is -0.476 e. The van der Waals surface area contributed by atoms with Crippen molar-refractivity contribution in [1.29, 1.82) is 0 Å². The minimum absolute atomic E-state index is 0.0339. The topological polar surface area (TPSA) is 511 Å². The van der Waals surface area contributed by atoms with E-state index in [4.69, 9.17) is 52.7 Å². The number of carbonyl (C=O) groups excluding carboxylic acids is 9. The second-order valence-corrected chi connectivity index (χ2v) is 36.5. The molecule has 6 heterocycles. The van der Waals surface area contributed by atoms with Crippen LogP contribution in [0, 0.1) is 29.1 Å². The standard InChI is InChI=1S/C87H111N11O27S2/c1-54-62(60-15-17-69(93-74(60)80(111)112)96-26-21-56-9-7-11-61(63(56)42-96)79(110)94-82-92-64-12-5-6-13-68(64)126-82)41-90-98(54)53-86-48-84(2)47-85(3,49-86)51-87(50-84,52-86)123-32-28-95(4)83(113)122-44-55-14-16-66(124-81-77(108)76(107)75(106)67(43-99)125-81)65(39-55)91-70(102)20-24-88-71(103)45-121-31-25-89-78(109)57(46-127(114,115)116)40-59(101)23-30-118-34-36-120-38-37-119-35-33-117-29-8-10-58(100)22-27-97-72(104)18-19-73(97)105/h5-7,9,11-19,39,41,57,67,75-77,81,99,106-108H,8,10,20-38,40,42-53H2,1-4H3,(H,88,103)(H,89,109)(H,91,102)(H,111,112)(H,92,94,110)(H,114,115,116)/t57-,67+,75-,76-,77-,81+,84?,85?,86?,87?/m0/s1. The van der Waals surface area contributed by atoms with Crippen LogP contribution in [0.4, 0.5) is 21.4 Å². The van der Waals surface area contributed by atoms with E-state index in [0.29, 0.717) is 72.3 Å². The zero-order valence-corrected chi connectivity index (χ0v) is 73.0. The number of amides is 7. The highest BCUT2D eigenvalue weighted by Gasteiger charge is 2.66. The van der Waals surface area contributed by atoms with E-state index in [1.54, 1.807) is 25.4 Å². The lowest BCUT2D eigenvalue weighted by Gasteiger charge is -2.69. The average molecular weight is 1810 g/mol. The number of hydrogen-bond acceptors (Lipinski definition) is 30. The maximum absolute atomic E-state index is 13.8. The van der Waals surface area contributed by atoms with Gasteiger partial charge in [0.2, 0.25) is 24.0 Å². The lowest BCUT2D eigenvalue weighted by Crippen LogP contribution is -2.64. The first-order chi connectivity index (χ1) is 60.7. The second-order valence-electron chi connectivity index (χ2n) is 34.0. The fourth-order valence-corrected chi connectivity index (χ4v) is 20.3. The van der Waals surface area contributed by atoms with Crippen molar-refractivity contribution >= 4 is 107 Å². The second kappa shape index (κ2) is 43.3. The highest BCUT2D eigenvalue weighted by molar-refractivity contribution is 7.85. The number of para-hydroxylation sites is 1. The monoisotopic (exact) mass is 1810 g/mol. The van der Waals surface area contributed by atoms with Crippen LogP contribution in [0.3, 0.4) is 0 Å². The third kappa shape index (κ3) is 25.9. The molecule has 0 radical (unpaired) electrons. The van der Waals surface area contributed by atoms with Gasteiger partial charge in [-0.05, 0) is 134 Å². The molecule has 5 fully saturated rings. The highest BCUT2D eigenvalue weighted by atomic mass is 32.2. The van der Waals surface area contributed by atoms with E-state index in [0.717, 1.165) is 70.5 Å². The molecular formula is C87H111N11O27S2. The van der Waals surface area contributed by atoms with Gasteiger partial charge in [-0.15, -0.1) is 0 Å². The van der Waals surface area contributed by atoms with Crippen LogP contribution in [0.15, 0.2) is 91.1 Å². The summed E-state index contributed by atoms with van der Waals surface area (Å²) in [5.74, 6) is -7.34. The van der Waals surface area contributed by atoms with Crippen molar-refractivity contribution in [3.8, 4) is 16.9 Å². The predicted molar refractivity (Wildman–Crippen MR) is 457 cm³/mol. The number of anilines is 3. The fraction of sp³-hybridized carbons (Fsp3) is 0.552. The number of benzene rings is 3. The first-order valence-corrected chi connectivity index (χ1v) is 44.8. The summed E-state index contributed by atoms with van der Waals surface area (Å²) in [6.45, 7) is 7.68. The third-order valence-corrected chi connectivity index (χ3v) is 25.3. The molecule has 688 valence electrons. The van der Waals surface area contributed by atoms with Crippen LogP contribution in [-0.2, 0) is 108 Å². The van der Waals surface area contributed by atoms with E-state index in [1.807, 2.05) is 59.0 Å². The largest absolute Gasteiger partial charge is 0.476 e. The summed E-state index contributed by atoms with van der Waals surface area (Å²) in [7, 11) is -3.13. The molecule has 3 aromatic heterocycles. The molecule has 127 heavy (non-hydrogen) atoms. The van der Waals surface area contributed by atoms with Gasteiger partial charge in [-0.2, -0.15) is 13.5 Å². The molecule has 3 aliphatic heterocycles. The van der Waals surface area contributed by atoms with E-state index in [1.165, 1.54) is 46.6 Å². The molecule has 40 heteroatoms. The lowest BCUT2D eigenvalue weighted by molar-refractivity contribution is -0.277. The first kappa shape index (κ1) is 95.9. The van der Waals surface area contributed by atoms with Gasteiger partial charge >= 0.3 is 12.1 Å². The van der Waals surface area contributed by atoms with E-state index in [-0.39, 0.29) is 163 Å². The van der Waals surface area contributed by atoms with Gasteiger partial charge in [0.15, 0.2) is 10.8 Å². The molecule has 7 amide bonds. The number of aromatic carboxylic acids is 1. The van der Waals surface area contributed by atoms with Crippen LogP contribution in [0.1, 0.15) is 134 Å².